The molecule has 0 bridgehead atoms. The van der Waals surface area contributed by atoms with E-state index in [-0.39, 0.29) is 18.0 Å². The zero-order valence-electron chi connectivity index (χ0n) is 13.1. The number of nitrogens with zero attached hydrogens (tertiary/aromatic N) is 2. The van der Waals surface area contributed by atoms with Gasteiger partial charge in [-0.15, -0.1) is 0 Å². The number of rotatable bonds is 3. The lowest BCUT2D eigenvalue weighted by Crippen LogP contribution is -2.47. The Morgan fingerprint density at radius 2 is 2.00 bits per heavy atom. The Morgan fingerprint density at radius 3 is 2.58 bits per heavy atom. The molecule has 1 amide bonds. The fourth-order valence-electron chi connectivity index (χ4n) is 2.84. The second-order valence-electron chi connectivity index (χ2n) is 5.92. The summed E-state index contributed by atoms with van der Waals surface area (Å²) in [7, 11) is 0. The molecule has 1 fully saturated rings. The van der Waals surface area contributed by atoms with Crippen molar-refractivity contribution in [2.75, 3.05) is 13.1 Å². The maximum absolute atomic E-state index is 13.2. The van der Waals surface area contributed by atoms with Crippen molar-refractivity contribution < 1.29 is 32.4 Å². The second kappa shape index (κ2) is 6.31. The SMILES string of the molecule is O=C(c1cc(-c2ccccc2Cl)on1)N1CCC(C(=O)O)(C(F)(F)F)C1. The molecule has 26 heavy (non-hydrogen) atoms. The summed E-state index contributed by atoms with van der Waals surface area (Å²) in [5, 5.41) is 13.0. The van der Waals surface area contributed by atoms with E-state index >= 15 is 0 Å². The average molecular weight is 389 g/mol. The molecule has 1 N–H and O–H groups in total. The Balaban J connectivity index is 1.84. The molecule has 2 heterocycles. The smallest absolute Gasteiger partial charge is 0.406 e. The summed E-state index contributed by atoms with van der Waals surface area (Å²) in [5.41, 5.74) is -2.72. The largest absolute Gasteiger partial charge is 0.481 e. The van der Waals surface area contributed by atoms with Gasteiger partial charge in [0.1, 0.15) is 0 Å². The number of hydrogen-bond donors (Lipinski definition) is 1. The van der Waals surface area contributed by atoms with Gasteiger partial charge in [-0.05, 0) is 18.6 Å². The third kappa shape index (κ3) is 2.92. The van der Waals surface area contributed by atoms with E-state index in [1.54, 1.807) is 24.3 Å². The number of benzene rings is 1. The molecule has 0 aliphatic carbocycles. The summed E-state index contributed by atoms with van der Waals surface area (Å²) in [5.74, 6) is -2.66. The number of carboxylic acids is 1. The van der Waals surface area contributed by atoms with Gasteiger partial charge in [0.15, 0.2) is 16.9 Å². The highest BCUT2D eigenvalue weighted by Gasteiger charge is 2.64. The van der Waals surface area contributed by atoms with Crippen molar-refractivity contribution in [3.63, 3.8) is 0 Å². The number of carboxylic acid groups (broad SMARTS) is 1. The number of amides is 1. The van der Waals surface area contributed by atoms with Crippen molar-refractivity contribution in [1.82, 2.24) is 10.1 Å². The standard InChI is InChI=1S/C16H12ClF3N2O4/c17-10-4-2-1-3-9(10)12-7-11(21-26-12)13(23)22-6-5-15(8-22,14(24)25)16(18,19)20/h1-4,7H,5-6,8H2,(H,24,25). The van der Waals surface area contributed by atoms with Crippen LogP contribution in [-0.2, 0) is 4.79 Å². The molecule has 2 aromatic rings. The molecular formula is C16H12ClF3N2O4. The highest BCUT2D eigenvalue weighted by Crippen LogP contribution is 2.46. The van der Waals surface area contributed by atoms with Gasteiger partial charge in [-0.1, -0.05) is 28.9 Å². The zero-order chi connectivity index (χ0) is 19.1. The van der Waals surface area contributed by atoms with Gasteiger partial charge in [0.2, 0.25) is 0 Å². The van der Waals surface area contributed by atoms with E-state index in [1.165, 1.54) is 6.07 Å². The van der Waals surface area contributed by atoms with E-state index in [9.17, 15) is 22.8 Å². The maximum atomic E-state index is 13.2. The Labute approximate surface area is 150 Å². The lowest BCUT2D eigenvalue weighted by Gasteiger charge is -2.26. The molecule has 138 valence electrons. The van der Waals surface area contributed by atoms with Crippen LogP contribution in [0.25, 0.3) is 11.3 Å². The molecule has 0 radical (unpaired) electrons. The lowest BCUT2D eigenvalue weighted by molar-refractivity contribution is -0.227. The second-order valence-corrected chi connectivity index (χ2v) is 6.33. The van der Waals surface area contributed by atoms with Crippen LogP contribution in [0.5, 0.6) is 0 Å². The summed E-state index contributed by atoms with van der Waals surface area (Å²) in [6.07, 6.45) is -5.69. The molecule has 1 aromatic heterocycles. The van der Waals surface area contributed by atoms with E-state index < -0.39 is 36.4 Å². The number of hydrogen-bond acceptors (Lipinski definition) is 4. The molecule has 1 atom stereocenters. The summed E-state index contributed by atoms with van der Waals surface area (Å²) in [6.45, 7) is -1.32. The predicted molar refractivity (Wildman–Crippen MR) is 83.6 cm³/mol. The first-order chi connectivity index (χ1) is 12.2. The molecule has 0 spiro atoms. The van der Waals surface area contributed by atoms with Crippen LogP contribution < -0.4 is 0 Å². The van der Waals surface area contributed by atoms with Crippen molar-refractivity contribution in [2.45, 2.75) is 12.6 Å². The van der Waals surface area contributed by atoms with Gasteiger partial charge in [-0.2, -0.15) is 13.2 Å². The monoisotopic (exact) mass is 388 g/mol. The number of likely N-dealkylation sites (tertiary alicyclic amines) is 1. The lowest BCUT2D eigenvalue weighted by atomic mass is 9.86. The van der Waals surface area contributed by atoms with Crippen molar-refractivity contribution in [3.05, 3.63) is 41.0 Å². The summed E-state index contributed by atoms with van der Waals surface area (Å²) < 4.78 is 44.7. The first-order valence-corrected chi connectivity index (χ1v) is 7.84. The van der Waals surface area contributed by atoms with Gasteiger partial charge in [0, 0.05) is 24.7 Å². The summed E-state index contributed by atoms with van der Waals surface area (Å²) in [4.78, 5) is 24.4. The van der Waals surface area contributed by atoms with E-state index in [0.29, 0.717) is 10.6 Å². The van der Waals surface area contributed by atoms with Crippen LogP contribution in [0.4, 0.5) is 13.2 Å². The summed E-state index contributed by atoms with van der Waals surface area (Å²) in [6, 6.07) is 7.88. The highest BCUT2D eigenvalue weighted by atomic mass is 35.5. The minimum absolute atomic E-state index is 0.179. The number of aromatic nitrogens is 1. The van der Waals surface area contributed by atoms with E-state index in [2.05, 4.69) is 5.16 Å². The van der Waals surface area contributed by atoms with Gasteiger partial charge in [-0.3, -0.25) is 9.59 Å². The van der Waals surface area contributed by atoms with Gasteiger partial charge in [0.05, 0.1) is 5.02 Å². The third-order valence-corrected chi connectivity index (χ3v) is 4.71. The number of carbonyl (C=O) groups is 2. The Bertz CT molecular complexity index is 867. The van der Waals surface area contributed by atoms with Crippen LogP contribution in [0.1, 0.15) is 16.9 Å². The first-order valence-electron chi connectivity index (χ1n) is 7.47. The third-order valence-electron chi connectivity index (χ3n) is 4.38. The van der Waals surface area contributed by atoms with Gasteiger partial charge in [0.25, 0.3) is 5.91 Å². The van der Waals surface area contributed by atoms with Crippen molar-refractivity contribution in [1.29, 1.82) is 0 Å². The Kier molecular flexibility index (Phi) is 4.43. The van der Waals surface area contributed by atoms with Gasteiger partial charge in [-0.25, -0.2) is 0 Å². The van der Waals surface area contributed by atoms with Crippen LogP contribution in [0.2, 0.25) is 5.02 Å². The normalized spacial score (nSPS) is 20.4. The number of carbonyl (C=O) groups excluding carboxylic acids is 1. The minimum atomic E-state index is -4.97. The van der Waals surface area contributed by atoms with Crippen LogP contribution in [0.3, 0.4) is 0 Å². The molecular weight excluding hydrogens is 377 g/mol. The molecule has 10 heteroatoms. The Morgan fingerprint density at radius 1 is 1.31 bits per heavy atom. The zero-order valence-corrected chi connectivity index (χ0v) is 13.8. The van der Waals surface area contributed by atoms with Crippen LogP contribution >= 0.6 is 11.6 Å². The Hall–Kier alpha value is -2.55. The van der Waals surface area contributed by atoms with Gasteiger partial charge >= 0.3 is 12.1 Å². The first kappa shape index (κ1) is 18.2. The van der Waals surface area contributed by atoms with E-state index in [1.807, 2.05) is 0 Å². The molecule has 6 nitrogen and oxygen atoms in total. The molecule has 1 unspecified atom stereocenters. The number of alkyl halides is 3. The molecule has 1 saturated heterocycles. The van der Waals surface area contributed by atoms with Crippen LogP contribution in [-0.4, -0.2) is 46.3 Å². The fourth-order valence-corrected chi connectivity index (χ4v) is 3.07. The molecule has 3 rings (SSSR count). The van der Waals surface area contributed by atoms with Crippen LogP contribution in [0.15, 0.2) is 34.9 Å². The topological polar surface area (TPSA) is 83.6 Å². The quantitative estimate of drug-likeness (QED) is 0.870. The average Bonchev–Trinajstić information content (AvgIpc) is 3.22. The molecule has 1 aliphatic rings. The molecule has 1 aromatic carbocycles. The number of halogens is 4. The van der Waals surface area contributed by atoms with Crippen molar-refractivity contribution in [3.8, 4) is 11.3 Å². The highest BCUT2D eigenvalue weighted by molar-refractivity contribution is 6.33. The van der Waals surface area contributed by atoms with E-state index in [4.69, 9.17) is 21.2 Å². The van der Waals surface area contributed by atoms with Crippen LogP contribution in [0, 0.1) is 5.41 Å². The summed E-state index contributed by atoms with van der Waals surface area (Å²) >= 11 is 6.02. The minimum Gasteiger partial charge on any atom is -0.481 e. The van der Waals surface area contributed by atoms with Crippen molar-refractivity contribution >= 4 is 23.5 Å². The maximum Gasteiger partial charge on any atom is 0.406 e. The van der Waals surface area contributed by atoms with Crippen molar-refractivity contribution in [2.24, 2.45) is 5.41 Å². The van der Waals surface area contributed by atoms with E-state index in [0.717, 1.165) is 4.90 Å². The molecule has 1 aliphatic heterocycles. The fraction of sp³-hybridized carbons (Fsp3) is 0.312. The van der Waals surface area contributed by atoms with Gasteiger partial charge < -0.3 is 14.5 Å². The number of aliphatic carboxylic acids is 1. The predicted octanol–water partition coefficient (Wildman–Crippen LogP) is 3.47. The molecule has 0 saturated carbocycles.